The molecule has 0 saturated carbocycles. The number of hydrogen-bond acceptors (Lipinski definition) is 3. The molecule has 1 aromatic carbocycles. The van der Waals surface area contributed by atoms with Crippen molar-refractivity contribution in [2.24, 2.45) is 0 Å². The minimum Gasteiger partial charge on any atom is -0.340 e. The fourth-order valence-corrected chi connectivity index (χ4v) is 3.05. The van der Waals surface area contributed by atoms with Gasteiger partial charge in [-0.15, -0.1) is 5.10 Å². The SMILES string of the molecule is Cc1ccc(CC(=O)N2CCCC(n3ccnn3)C2)cc1Cl. The lowest BCUT2D eigenvalue weighted by atomic mass is 10.0. The number of nitrogens with zero attached hydrogens (tertiary/aromatic N) is 4. The van der Waals surface area contributed by atoms with Crippen molar-refractivity contribution in [3.8, 4) is 0 Å². The number of rotatable bonds is 3. The molecule has 6 heteroatoms. The van der Waals surface area contributed by atoms with Crippen LogP contribution in [0.4, 0.5) is 0 Å². The first-order chi connectivity index (χ1) is 10.6. The molecule has 0 spiro atoms. The van der Waals surface area contributed by atoms with Crippen LogP contribution < -0.4 is 0 Å². The van der Waals surface area contributed by atoms with Crippen molar-refractivity contribution in [1.29, 1.82) is 0 Å². The van der Waals surface area contributed by atoms with Crippen LogP contribution in [0.15, 0.2) is 30.6 Å². The lowest BCUT2D eigenvalue weighted by Gasteiger charge is -2.32. The second kappa shape index (κ2) is 6.48. The molecular weight excluding hydrogens is 300 g/mol. The molecule has 116 valence electrons. The Morgan fingerprint density at radius 2 is 2.32 bits per heavy atom. The van der Waals surface area contributed by atoms with Gasteiger partial charge in [-0.2, -0.15) is 0 Å². The number of benzene rings is 1. The van der Waals surface area contributed by atoms with Crippen molar-refractivity contribution in [2.45, 2.75) is 32.2 Å². The van der Waals surface area contributed by atoms with Crippen LogP contribution in [0.3, 0.4) is 0 Å². The number of hydrogen-bond donors (Lipinski definition) is 0. The predicted octanol–water partition coefficient (Wildman–Crippen LogP) is 2.65. The first-order valence-electron chi connectivity index (χ1n) is 7.52. The fraction of sp³-hybridized carbons (Fsp3) is 0.438. The van der Waals surface area contributed by atoms with Crippen molar-refractivity contribution >= 4 is 17.5 Å². The molecule has 1 aliphatic rings. The Bertz CT molecular complexity index is 656. The van der Waals surface area contributed by atoms with Gasteiger partial charge < -0.3 is 4.90 Å². The molecule has 1 fully saturated rings. The number of aryl methyl sites for hydroxylation is 1. The lowest BCUT2D eigenvalue weighted by Crippen LogP contribution is -2.41. The number of carbonyl (C=O) groups excluding carboxylic acids is 1. The van der Waals surface area contributed by atoms with E-state index in [1.165, 1.54) is 0 Å². The Morgan fingerprint density at radius 1 is 1.45 bits per heavy atom. The summed E-state index contributed by atoms with van der Waals surface area (Å²) in [5, 5.41) is 8.61. The van der Waals surface area contributed by atoms with Crippen LogP contribution in [0.2, 0.25) is 5.02 Å². The zero-order valence-corrected chi connectivity index (χ0v) is 13.3. The van der Waals surface area contributed by atoms with Gasteiger partial charge >= 0.3 is 0 Å². The van der Waals surface area contributed by atoms with E-state index in [2.05, 4.69) is 10.3 Å². The third-order valence-electron chi connectivity index (χ3n) is 4.16. The Labute approximate surface area is 134 Å². The van der Waals surface area contributed by atoms with Gasteiger partial charge in [-0.3, -0.25) is 4.79 Å². The summed E-state index contributed by atoms with van der Waals surface area (Å²) in [4.78, 5) is 14.4. The van der Waals surface area contributed by atoms with E-state index < -0.39 is 0 Å². The molecule has 0 aliphatic carbocycles. The molecule has 0 bridgehead atoms. The number of halogens is 1. The highest BCUT2D eigenvalue weighted by molar-refractivity contribution is 6.31. The maximum Gasteiger partial charge on any atom is 0.227 e. The zero-order chi connectivity index (χ0) is 15.5. The van der Waals surface area contributed by atoms with Crippen LogP contribution in [0.5, 0.6) is 0 Å². The molecular formula is C16H19ClN4O. The second-order valence-corrected chi connectivity index (χ2v) is 6.19. The van der Waals surface area contributed by atoms with Crippen LogP contribution in [-0.4, -0.2) is 38.9 Å². The van der Waals surface area contributed by atoms with Crippen LogP contribution in [-0.2, 0) is 11.2 Å². The summed E-state index contributed by atoms with van der Waals surface area (Å²) in [7, 11) is 0. The smallest absolute Gasteiger partial charge is 0.227 e. The maximum atomic E-state index is 12.5. The molecule has 5 nitrogen and oxygen atoms in total. The summed E-state index contributed by atoms with van der Waals surface area (Å²) in [6.45, 7) is 3.46. The highest BCUT2D eigenvalue weighted by atomic mass is 35.5. The summed E-state index contributed by atoms with van der Waals surface area (Å²) in [6.07, 6.45) is 5.95. The first kappa shape index (κ1) is 15.0. The van der Waals surface area contributed by atoms with Gasteiger partial charge in [-0.05, 0) is 37.0 Å². The van der Waals surface area contributed by atoms with Crippen molar-refractivity contribution in [3.63, 3.8) is 0 Å². The van der Waals surface area contributed by atoms with Crippen molar-refractivity contribution < 1.29 is 4.79 Å². The van der Waals surface area contributed by atoms with E-state index in [4.69, 9.17) is 11.6 Å². The Kier molecular flexibility index (Phi) is 4.43. The topological polar surface area (TPSA) is 51.0 Å². The molecule has 1 amide bonds. The molecule has 3 rings (SSSR count). The molecule has 2 heterocycles. The summed E-state index contributed by atoms with van der Waals surface area (Å²) in [6, 6.07) is 6.03. The monoisotopic (exact) mass is 318 g/mol. The molecule has 1 aromatic heterocycles. The molecule has 1 atom stereocenters. The van der Waals surface area contributed by atoms with E-state index in [9.17, 15) is 4.79 Å². The van der Waals surface area contributed by atoms with Gasteiger partial charge in [0, 0.05) is 24.3 Å². The molecule has 0 N–H and O–H groups in total. The average molecular weight is 319 g/mol. The number of likely N-dealkylation sites (tertiary alicyclic amines) is 1. The van der Waals surface area contributed by atoms with Crippen molar-refractivity contribution in [3.05, 3.63) is 46.7 Å². The normalized spacial score (nSPS) is 18.5. The van der Waals surface area contributed by atoms with Crippen molar-refractivity contribution in [2.75, 3.05) is 13.1 Å². The minimum atomic E-state index is 0.143. The van der Waals surface area contributed by atoms with E-state index >= 15 is 0 Å². The largest absolute Gasteiger partial charge is 0.340 e. The van der Waals surface area contributed by atoms with Crippen LogP contribution in [0, 0.1) is 6.92 Å². The summed E-state index contributed by atoms with van der Waals surface area (Å²) in [5.41, 5.74) is 1.99. The quantitative estimate of drug-likeness (QED) is 0.874. The van der Waals surface area contributed by atoms with Crippen molar-refractivity contribution in [1.82, 2.24) is 19.9 Å². The fourth-order valence-electron chi connectivity index (χ4n) is 2.84. The lowest BCUT2D eigenvalue weighted by molar-refractivity contribution is -0.132. The summed E-state index contributed by atoms with van der Waals surface area (Å²) in [5.74, 6) is 0.143. The van der Waals surface area contributed by atoms with E-state index in [0.717, 1.165) is 30.5 Å². The average Bonchev–Trinajstić information content (AvgIpc) is 3.05. The molecule has 1 aliphatic heterocycles. The van der Waals surface area contributed by atoms with E-state index in [1.807, 2.05) is 40.9 Å². The molecule has 0 radical (unpaired) electrons. The predicted molar refractivity (Wildman–Crippen MR) is 84.8 cm³/mol. The zero-order valence-electron chi connectivity index (χ0n) is 12.6. The third-order valence-corrected chi connectivity index (χ3v) is 4.56. The Hall–Kier alpha value is -1.88. The maximum absolute atomic E-state index is 12.5. The van der Waals surface area contributed by atoms with Gasteiger partial charge in [-0.25, -0.2) is 4.68 Å². The standard InChI is InChI=1S/C16H19ClN4O/c1-12-4-5-13(9-15(12)17)10-16(22)20-7-2-3-14(11-20)21-8-6-18-19-21/h4-6,8-9,14H,2-3,7,10-11H2,1H3. The first-order valence-corrected chi connectivity index (χ1v) is 7.90. The highest BCUT2D eigenvalue weighted by Crippen LogP contribution is 2.22. The van der Waals surface area contributed by atoms with Gasteiger partial charge in [-0.1, -0.05) is 28.9 Å². The molecule has 2 aromatic rings. The summed E-state index contributed by atoms with van der Waals surface area (Å²) < 4.78 is 1.85. The van der Waals surface area contributed by atoms with Gasteiger partial charge in [0.1, 0.15) is 0 Å². The molecule has 22 heavy (non-hydrogen) atoms. The van der Waals surface area contributed by atoms with E-state index in [0.29, 0.717) is 18.0 Å². The number of aromatic nitrogens is 3. The Balaban J connectivity index is 1.65. The van der Waals surface area contributed by atoms with E-state index in [-0.39, 0.29) is 11.9 Å². The second-order valence-electron chi connectivity index (χ2n) is 5.78. The summed E-state index contributed by atoms with van der Waals surface area (Å²) >= 11 is 6.13. The minimum absolute atomic E-state index is 0.143. The Morgan fingerprint density at radius 3 is 3.05 bits per heavy atom. The van der Waals surface area contributed by atoms with Crippen LogP contribution >= 0.6 is 11.6 Å². The molecule has 1 saturated heterocycles. The number of carbonyl (C=O) groups is 1. The third kappa shape index (κ3) is 3.30. The number of amides is 1. The van der Waals surface area contributed by atoms with Crippen LogP contribution in [0.1, 0.15) is 30.0 Å². The van der Waals surface area contributed by atoms with Crippen LogP contribution in [0.25, 0.3) is 0 Å². The van der Waals surface area contributed by atoms with Gasteiger partial charge in [0.2, 0.25) is 5.91 Å². The van der Waals surface area contributed by atoms with Gasteiger partial charge in [0.25, 0.3) is 0 Å². The highest BCUT2D eigenvalue weighted by Gasteiger charge is 2.25. The van der Waals surface area contributed by atoms with E-state index in [1.54, 1.807) is 6.20 Å². The number of piperidine rings is 1. The van der Waals surface area contributed by atoms with Gasteiger partial charge in [0.15, 0.2) is 0 Å². The molecule has 1 unspecified atom stereocenters. The van der Waals surface area contributed by atoms with Gasteiger partial charge in [0.05, 0.1) is 18.7 Å².